The van der Waals surface area contributed by atoms with Gasteiger partial charge in [0.2, 0.25) is 0 Å². The smallest absolute Gasteiger partial charge is 0.280 e. The van der Waals surface area contributed by atoms with Crippen LogP contribution in [0.3, 0.4) is 0 Å². The molecule has 0 saturated carbocycles. The predicted octanol–water partition coefficient (Wildman–Crippen LogP) is 3.70. The van der Waals surface area contributed by atoms with Gasteiger partial charge in [-0.15, -0.1) is 0 Å². The van der Waals surface area contributed by atoms with Crippen LogP contribution in [0, 0.1) is 0 Å². The lowest BCUT2D eigenvalue weighted by molar-refractivity contribution is -0.114. The summed E-state index contributed by atoms with van der Waals surface area (Å²) in [7, 11) is 1.61. The molecule has 5 nitrogen and oxygen atoms in total. The molecule has 2 aromatic carbocycles. The Balaban J connectivity index is 1.87. The van der Waals surface area contributed by atoms with E-state index in [-0.39, 0.29) is 11.7 Å². The molecule has 2 aromatic rings. The SMILES string of the molecule is COc1ccc(C=C2C(=O)N(c3ccc(C(C)=O)cc3)N=C2C)cc1. The van der Waals surface area contributed by atoms with Crippen molar-refractivity contribution in [2.24, 2.45) is 5.10 Å². The molecule has 0 spiro atoms. The average molecular weight is 334 g/mol. The maximum absolute atomic E-state index is 12.7. The number of ether oxygens (including phenoxy) is 1. The standard InChI is InChI=1S/C20H18N2O3/c1-13-19(12-15-4-10-18(25-3)11-5-15)20(24)22(21-13)17-8-6-16(7-9-17)14(2)23/h4-12H,1-3H3. The molecule has 1 aliphatic rings. The lowest BCUT2D eigenvalue weighted by Gasteiger charge is -2.12. The maximum Gasteiger partial charge on any atom is 0.280 e. The summed E-state index contributed by atoms with van der Waals surface area (Å²) in [6, 6.07) is 14.3. The third-order valence-corrected chi connectivity index (χ3v) is 4.01. The normalized spacial score (nSPS) is 15.5. The second-order valence-electron chi connectivity index (χ2n) is 5.74. The molecule has 0 atom stereocenters. The topological polar surface area (TPSA) is 59.0 Å². The number of amides is 1. The van der Waals surface area contributed by atoms with E-state index >= 15 is 0 Å². The molecule has 1 heterocycles. The number of rotatable bonds is 4. The van der Waals surface area contributed by atoms with Crippen molar-refractivity contribution < 1.29 is 14.3 Å². The zero-order valence-corrected chi connectivity index (χ0v) is 14.3. The highest BCUT2D eigenvalue weighted by Crippen LogP contribution is 2.25. The van der Waals surface area contributed by atoms with Crippen LogP contribution in [-0.2, 0) is 4.79 Å². The summed E-state index contributed by atoms with van der Waals surface area (Å²) in [5.41, 5.74) is 3.32. The Labute approximate surface area is 146 Å². The zero-order valence-electron chi connectivity index (χ0n) is 14.3. The lowest BCUT2D eigenvalue weighted by atomic mass is 10.1. The maximum atomic E-state index is 12.7. The van der Waals surface area contributed by atoms with Crippen molar-refractivity contribution in [2.45, 2.75) is 13.8 Å². The van der Waals surface area contributed by atoms with Crippen LogP contribution in [-0.4, -0.2) is 24.5 Å². The van der Waals surface area contributed by atoms with Crippen LogP contribution in [0.2, 0.25) is 0 Å². The van der Waals surface area contributed by atoms with Crippen molar-refractivity contribution in [3.05, 3.63) is 65.2 Å². The number of hydrogen-bond acceptors (Lipinski definition) is 4. The molecule has 0 unspecified atom stereocenters. The van der Waals surface area contributed by atoms with Gasteiger partial charge in [0.05, 0.1) is 24.1 Å². The molecular formula is C20H18N2O3. The van der Waals surface area contributed by atoms with E-state index in [0.29, 0.717) is 22.5 Å². The van der Waals surface area contributed by atoms with Gasteiger partial charge in [-0.25, -0.2) is 0 Å². The molecule has 0 N–H and O–H groups in total. The number of Topliss-reactive ketones (excluding diaryl/α,β-unsaturated/α-hetero) is 1. The molecule has 5 heteroatoms. The van der Waals surface area contributed by atoms with Crippen molar-refractivity contribution >= 4 is 29.2 Å². The fourth-order valence-corrected chi connectivity index (χ4v) is 2.56. The van der Waals surface area contributed by atoms with E-state index in [2.05, 4.69) is 5.10 Å². The van der Waals surface area contributed by atoms with Gasteiger partial charge in [-0.2, -0.15) is 10.1 Å². The highest BCUT2D eigenvalue weighted by molar-refractivity contribution is 6.32. The van der Waals surface area contributed by atoms with Crippen LogP contribution in [0.15, 0.2) is 59.2 Å². The first-order chi connectivity index (χ1) is 12.0. The Morgan fingerprint density at radius 2 is 1.72 bits per heavy atom. The molecule has 1 aliphatic heterocycles. The molecule has 0 fully saturated rings. The van der Waals surface area contributed by atoms with Gasteiger partial charge in [0.25, 0.3) is 5.91 Å². The largest absolute Gasteiger partial charge is 0.497 e. The summed E-state index contributed by atoms with van der Waals surface area (Å²) in [4.78, 5) is 24.1. The van der Waals surface area contributed by atoms with E-state index in [9.17, 15) is 9.59 Å². The lowest BCUT2D eigenvalue weighted by Crippen LogP contribution is -2.21. The summed E-state index contributed by atoms with van der Waals surface area (Å²) in [5.74, 6) is 0.556. The molecule has 0 aliphatic carbocycles. The van der Waals surface area contributed by atoms with Gasteiger partial charge >= 0.3 is 0 Å². The van der Waals surface area contributed by atoms with Gasteiger partial charge < -0.3 is 4.74 Å². The van der Waals surface area contributed by atoms with Crippen LogP contribution >= 0.6 is 0 Å². The Morgan fingerprint density at radius 3 is 2.28 bits per heavy atom. The molecule has 25 heavy (non-hydrogen) atoms. The average Bonchev–Trinajstić information content (AvgIpc) is 2.90. The number of ketones is 1. The Kier molecular flexibility index (Phi) is 4.48. The highest BCUT2D eigenvalue weighted by atomic mass is 16.5. The number of hydrazone groups is 1. The van der Waals surface area contributed by atoms with Crippen molar-refractivity contribution in [3.63, 3.8) is 0 Å². The fourth-order valence-electron chi connectivity index (χ4n) is 2.56. The summed E-state index contributed by atoms with van der Waals surface area (Å²) in [6.07, 6.45) is 1.81. The number of methoxy groups -OCH3 is 1. The predicted molar refractivity (Wildman–Crippen MR) is 98.0 cm³/mol. The third-order valence-electron chi connectivity index (χ3n) is 4.01. The zero-order chi connectivity index (χ0) is 18.0. The molecule has 0 bridgehead atoms. The molecular weight excluding hydrogens is 316 g/mol. The third kappa shape index (κ3) is 3.35. The van der Waals surface area contributed by atoms with E-state index in [4.69, 9.17) is 4.74 Å². The van der Waals surface area contributed by atoms with Crippen LogP contribution in [0.5, 0.6) is 5.75 Å². The van der Waals surface area contributed by atoms with Crippen molar-refractivity contribution in [2.75, 3.05) is 12.1 Å². The van der Waals surface area contributed by atoms with Crippen LogP contribution < -0.4 is 9.75 Å². The molecule has 126 valence electrons. The number of anilines is 1. The first-order valence-corrected chi connectivity index (χ1v) is 7.86. The number of carbonyl (C=O) groups is 2. The molecule has 1 amide bonds. The minimum Gasteiger partial charge on any atom is -0.497 e. The molecule has 0 saturated heterocycles. The van der Waals surface area contributed by atoms with Crippen molar-refractivity contribution in [1.29, 1.82) is 0 Å². The monoisotopic (exact) mass is 334 g/mol. The molecule has 0 radical (unpaired) electrons. The van der Waals surface area contributed by atoms with E-state index in [1.807, 2.05) is 30.3 Å². The van der Waals surface area contributed by atoms with Crippen molar-refractivity contribution in [1.82, 2.24) is 0 Å². The van der Waals surface area contributed by atoms with Crippen LogP contribution in [0.1, 0.15) is 29.8 Å². The molecule has 3 rings (SSSR count). The first-order valence-electron chi connectivity index (χ1n) is 7.86. The first kappa shape index (κ1) is 16.6. The van der Waals surface area contributed by atoms with Crippen LogP contribution in [0.4, 0.5) is 5.69 Å². The minimum absolute atomic E-state index is 0.0147. The Morgan fingerprint density at radius 1 is 1.08 bits per heavy atom. The van der Waals surface area contributed by atoms with Gasteiger partial charge in [-0.3, -0.25) is 9.59 Å². The number of benzene rings is 2. The highest BCUT2D eigenvalue weighted by Gasteiger charge is 2.28. The van der Waals surface area contributed by atoms with E-state index < -0.39 is 0 Å². The summed E-state index contributed by atoms with van der Waals surface area (Å²) < 4.78 is 5.14. The van der Waals surface area contributed by atoms with Gasteiger partial charge in [-0.1, -0.05) is 12.1 Å². The van der Waals surface area contributed by atoms with Gasteiger partial charge in [-0.05, 0) is 61.9 Å². The van der Waals surface area contributed by atoms with E-state index in [1.54, 1.807) is 38.3 Å². The Bertz CT molecular complexity index is 878. The molecule has 0 aromatic heterocycles. The van der Waals surface area contributed by atoms with E-state index in [0.717, 1.165) is 11.3 Å². The van der Waals surface area contributed by atoms with Gasteiger partial charge in [0, 0.05) is 5.56 Å². The fraction of sp³-hybridized carbons (Fsp3) is 0.150. The van der Waals surface area contributed by atoms with Gasteiger partial charge in [0.15, 0.2) is 5.78 Å². The number of carbonyl (C=O) groups excluding carboxylic acids is 2. The summed E-state index contributed by atoms with van der Waals surface area (Å²) >= 11 is 0. The second-order valence-corrected chi connectivity index (χ2v) is 5.74. The number of nitrogens with zero attached hydrogens (tertiary/aromatic N) is 2. The second kappa shape index (κ2) is 6.73. The van der Waals surface area contributed by atoms with Crippen molar-refractivity contribution in [3.8, 4) is 5.75 Å². The Hall–Kier alpha value is -3.21. The van der Waals surface area contributed by atoms with Gasteiger partial charge in [0.1, 0.15) is 5.75 Å². The summed E-state index contributed by atoms with van der Waals surface area (Å²) in [6.45, 7) is 3.31. The van der Waals surface area contributed by atoms with E-state index in [1.165, 1.54) is 11.9 Å². The quantitative estimate of drug-likeness (QED) is 0.633. The number of hydrogen-bond donors (Lipinski definition) is 0. The van der Waals surface area contributed by atoms with Crippen LogP contribution in [0.25, 0.3) is 6.08 Å². The summed E-state index contributed by atoms with van der Waals surface area (Å²) in [5, 5.41) is 5.70. The minimum atomic E-state index is -0.191.